The van der Waals surface area contributed by atoms with Gasteiger partial charge in [-0.3, -0.25) is 0 Å². The molecule has 2 aromatic heterocycles. The lowest BCUT2D eigenvalue weighted by Gasteiger charge is -2.09. The highest BCUT2D eigenvalue weighted by molar-refractivity contribution is 7.91. The molecule has 2 aromatic carbocycles. The first-order valence-corrected chi connectivity index (χ1v) is 9.81. The average molecular weight is 402 g/mol. The molecule has 0 saturated heterocycles. The van der Waals surface area contributed by atoms with E-state index in [1.807, 2.05) is 30.5 Å². The SMILES string of the molecule is O=S(=O)(c1ccc(F)c(Cl)c1)c1cccc(Nc2ccc3[nH]ccc3c2)n1. The summed E-state index contributed by atoms with van der Waals surface area (Å²) >= 11 is 5.71. The molecule has 136 valence electrons. The Morgan fingerprint density at radius 1 is 1.04 bits per heavy atom. The first kappa shape index (κ1) is 17.5. The Morgan fingerprint density at radius 3 is 2.70 bits per heavy atom. The molecule has 0 spiro atoms. The molecular weight excluding hydrogens is 389 g/mol. The Hall–Kier alpha value is -2.90. The van der Waals surface area contributed by atoms with E-state index < -0.39 is 15.7 Å². The van der Waals surface area contributed by atoms with Crippen molar-refractivity contribution in [3.63, 3.8) is 0 Å². The number of hydrogen-bond acceptors (Lipinski definition) is 4. The van der Waals surface area contributed by atoms with Gasteiger partial charge in [-0.15, -0.1) is 0 Å². The number of benzene rings is 2. The molecule has 4 rings (SSSR count). The number of halogens is 2. The number of fused-ring (bicyclic) bond motifs is 1. The zero-order valence-corrected chi connectivity index (χ0v) is 15.4. The van der Waals surface area contributed by atoms with Crippen LogP contribution in [0.3, 0.4) is 0 Å². The summed E-state index contributed by atoms with van der Waals surface area (Å²) in [6, 6.07) is 15.5. The molecule has 0 radical (unpaired) electrons. The molecule has 4 aromatic rings. The summed E-state index contributed by atoms with van der Waals surface area (Å²) in [6.07, 6.45) is 1.84. The van der Waals surface area contributed by atoms with Gasteiger partial charge in [0.1, 0.15) is 11.6 Å². The van der Waals surface area contributed by atoms with E-state index in [1.165, 1.54) is 6.07 Å². The van der Waals surface area contributed by atoms with E-state index in [1.54, 1.807) is 12.1 Å². The van der Waals surface area contributed by atoms with Crippen molar-refractivity contribution in [1.29, 1.82) is 0 Å². The molecule has 2 N–H and O–H groups in total. The van der Waals surface area contributed by atoms with Gasteiger partial charge in [-0.05, 0) is 54.6 Å². The normalized spacial score (nSPS) is 11.6. The largest absolute Gasteiger partial charge is 0.361 e. The minimum absolute atomic E-state index is 0.118. The smallest absolute Gasteiger partial charge is 0.223 e. The van der Waals surface area contributed by atoms with E-state index in [0.717, 1.165) is 34.8 Å². The van der Waals surface area contributed by atoms with Gasteiger partial charge in [0.2, 0.25) is 9.84 Å². The van der Waals surface area contributed by atoms with E-state index in [2.05, 4.69) is 15.3 Å². The Labute approximate surface area is 159 Å². The fourth-order valence-corrected chi connectivity index (χ4v) is 4.16. The second-order valence-corrected chi connectivity index (χ2v) is 8.15. The summed E-state index contributed by atoms with van der Waals surface area (Å²) in [5.74, 6) is -0.307. The van der Waals surface area contributed by atoms with Crippen LogP contribution >= 0.6 is 11.6 Å². The number of aromatic nitrogens is 2. The van der Waals surface area contributed by atoms with Gasteiger partial charge < -0.3 is 10.3 Å². The Kier molecular flexibility index (Phi) is 4.33. The number of anilines is 2. The third kappa shape index (κ3) is 3.39. The summed E-state index contributed by atoms with van der Waals surface area (Å²) < 4.78 is 38.9. The molecular formula is C19H13ClFN3O2S. The molecule has 0 atom stereocenters. The van der Waals surface area contributed by atoms with Crippen molar-refractivity contribution in [2.75, 3.05) is 5.32 Å². The van der Waals surface area contributed by atoms with Crippen molar-refractivity contribution >= 4 is 43.8 Å². The predicted molar refractivity (Wildman–Crippen MR) is 103 cm³/mol. The minimum atomic E-state index is -3.93. The van der Waals surface area contributed by atoms with Crippen molar-refractivity contribution in [3.05, 3.63) is 77.7 Å². The van der Waals surface area contributed by atoms with Crippen molar-refractivity contribution in [2.45, 2.75) is 9.92 Å². The third-order valence-corrected chi connectivity index (χ3v) is 5.97. The highest BCUT2D eigenvalue weighted by Crippen LogP contribution is 2.26. The summed E-state index contributed by atoms with van der Waals surface area (Å²) in [5, 5.41) is 3.70. The van der Waals surface area contributed by atoms with Gasteiger partial charge in [-0.25, -0.2) is 17.8 Å². The third-order valence-electron chi connectivity index (χ3n) is 4.03. The Balaban J connectivity index is 1.67. The van der Waals surface area contributed by atoms with Crippen molar-refractivity contribution < 1.29 is 12.8 Å². The van der Waals surface area contributed by atoms with E-state index in [4.69, 9.17) is 11.6 Å². The first-order valence-electron chi connectivity index (χ1n) is 7.95. The fourth-order valence-electron chi connectivity index (χ4n) is 2.68. The molecule has 8 heteroatoms. The lowest BCUT2D eigenvalue weighted by atomic mass is 10.2. The van der Waals surface area contributed by atoms with Crippen molar-refractivity contribution in [3.8, 4) is 0 Å². The lowest BCUT2D eigenvalue weighted by molar-refractivity contribution is 0.591. The van der Waals surface area contributed by atoms with Gasteiger partial charge in [0.05, 0.1) is 9.92 Å². The van der Waals surface area contributed by atoms with Gasteiger partial charge in [-0.2, -0.15) is 0 Å². The van der Waals surface area contributed by atoms with Gasteiger partial charge in [0.25, 0.3) is 0 Å². The predicted octanol–water partition coefficient (Wildman–Crippen LogP) is 4.93. The van der Waals surface area contributed by atoms with E-state index in [0.29, 0.717) is 5.82 Å². The van der Waals surface area contributed by atoms with E-state index in [9.17, 15) is 12.8 Å². The number of pyridine rings is 1. The quantitative estimate of drug-likeness (QED) is 0.475. The maximum Gasteiger partial charge on any atom is 0.223 e. The maximum atomic E-state index is 13.3. The number of sulfone groups is 1. The van der Waals surface area contributed by atoms with Crippen LogP contribution in [0.15, 0.2) is 76.8 Å². The summed E-state index contributed by atoms with van der Waals surface area (Å²) in [5.41, 5.74) is 1.77. The lowest BCUT2D eigenvalue weighted by Crippen LogP contribution is -2.06. The minimum Gasteiger partial charge on any atom is -0.361 e. The maximum absolute atomic E-state index is 13.3. The van der Waals surface area contributed by atoms with Gasteiger partial charge in [0.15, 0.2) is 5.03 Å². The van der Waals surface area contributed by atoms with Crippen LogP contribution in [0.5, 0.6) is 0 Å². The zero-order valence-electron chi connectivity index (χ0n) is 13.8. The van der Waals surface area contributed by atoms with Crippen LogP contribution in [0.4, 0.5) is 15.9 Å². The van der Waals surface area contributed by atoms with Crippen molar-refractivity contribution in [1.82, 2.24) is 9.97 Å². The summed E-state index contributed by atoms with van der Waals surface area (Å²) in [6.45, 7) is 0. The molecule has 5 nitrogen and oxygen atoms in total. The number of hydrogen-bond donors (Lipinski definition) is 2. The molecule has 0 aliphatic carbocycles. The van der Waals surface area contributed by atoms with Crippen LogP contribution in [0.2, 0.25) is 5.02 Å². The zero-order chi connectivity index (χ0) is 19.0. The topological polar surface area (TPSA) is 74.8 Å². The molecule has 0 aliphatic heterocycles. The number of nitrogens with one attached hydrogen (secondary N) is 2. The summed E-state index contributed by atoms with van der Waals surface area (Å²) in [4.78, 5) is 7.18. The first-order chi connectivity index (χ1) is 12.9. The van der Waals surface area contributed by atoms with Gasteiger partial charge in [-0.1, -0.05) is 17.7 Å². The highest BCUT2D eigenvalue weighted by Gasteiger charge is 2.21. The van der Waals surface area contributed by atoms with E-state index >= 15 is 0 Å². The molecule has 0 saturated carbocycles. The molecule has 0 aliphatic rings. The van der Waals surface area contributed by atoms with Gasteiger partial charge >= 0.3 is 0 Å². The molecule has 2 heterocycles. The van der Waals surface area contributed by atoms with Crippen molar-refractivity contribution in [2.24, 2.45) is 0 Å². The van der Waals surface area contributed by atoms with Crippen LogP contribution in [0, 0.1) is 5.82 Å². The average Bonchev–Trinajstić information content (AvgIpc) is 3.12. The monoisotopic (exact) mass is 401 g/mol. The van der Waals surface area contributed by atoms with Crippen LogP contribution < -0.4 is 5.32 Å². The molecule has 27 heavy (non-hydrogen) atoms. The second kappa shape index (κ2) is 6.68. The standard InChI is InChI=1S/C19H13ClFN3O2S/c20-15-11-14(5-6-16(15)21)27(25,26)19-3-1-2-18(24-19)23-13-4-7-17-12(10-13)8-9-22-17/h1-11,22H,(H,23,24). The van der Waals surface area contributed by atoms with Crippen LogP contribution in [0.25, 0.3) is 10.9 Å². The van der Waals surface area contributed by atoms with Crippen LogP contribution in [-0.2, 0) is 9.84 Å². The highest BCUT2D eigenvalue weighted by atomic mass is 35.5. The second-order valence-electron chi connectivity index (χ2n) is 5.85. The number of H-pyrrole nitrogens is 1. The van der Waals surface area contributed by atoms with Crippen LogP contribution in [0.1, 0.15) is 0 Å². The molecule has 0 fully saturated rings. The van der Waals surface area contributed by atoms with Gasteiger partial charge in [0, 0.05) is 22.8 Å². The summed E-state index contributed by atoms with van der Waals surface area (Å²) in [7, 11) is -3.93. The molecule has 0 unspecified atom stereocenters. The Bertz CT molecular complexity index is 1250. The number of aromatic amines is 1. The van der Waals surface area contributed by atoms with E-state index in [-0.39, 0.29) is 14.9 Å². The molecule has 0 bridgehead atoms. The number of rotatable bonds is 4. The Morgan fingerprint density at radius 2 is 1.89 bits per heavy atom. The molecule has 0 amide bonds. The van der Waals surface area contributed by atoms with Crippen LogP contribution in [-0.4, -0.2) is 18.4 Å². The fraction of sp³-hybridized carbons (Fsp3) is 0. The number of nitrogens with zero attached hydrogens (tertiary/aromatic N) is 1.